The third-order valence-corrected chi connectivity index (χ3v) is 8.13. The Morgan fingerprint density at radius 1 is 1.42 bits per heavy atom. The third kappa shape index (κ3) is 3.35. The summed E-state index contributed by atoms with van der Waals surface area (Å²) in [5, 5.41) is 0. The van der Waals surface area contributed by atoms with Crippen LogP contribution in [0, 0.1) is 5.41 Å². The standard InChI is InChI=1S/C12H17BrClNO2S2/c1-12(2)3-5-15(6-4-12)19(16,17)10-7-9(8-14)18-11(10)13/h7H,3-6,8H2,1-2H3. The molecule has 0 N–H and O–H groups in total. The summed E-state index contributed by atoms with van der Waals surface area (Å²) in [6.45, 7) is 5.55. The van der Waals surface area contributed by atoms with Gasteiger partial charge in [0.05, 0.1) is 9.67 Å². The molecule has 1 aliphatic rings. The van der Waals surface area contributed by atoms with Crippen LogP contribution in [0.5, 0.6) is 0 Å². The van der Waals surface area contributed by atoms with Crippen LogP contribution in [-0.4, -0.2) is 25.8 Å². The Morgan fingerprint density at radius 3 is 2.47 bits per heavy atom. The first-order chi connectivity index (χ1) is 8.76. The van der Waals surface area contributed by atoms with Gasteiger partial charge in [-0.05, 0) is 40.3 Å². The Morgan fingerprint density at radius 2 is 2.00 bits per heavy atom. The van der Waals surface area contributed by atoms with Crippen LogP contribution < -0.4 is 0 Å². The minimum atomic E-state index is -3.39. The molecule has 0 aromatic carbocycles. The number of sulfonamides is 1. The maximum absolute atomic E-state index is 12.6. The Labute approximate surface area is 132 Å². The first kappa shape index (κ1) is 15.8. The average molecular weight is 387 g/mol. The zero-order valence-corrected chi connectivity index (χ0v) is 14.9. The molecule has 0 atom stereocenters. The number of nitrogens with zero attached hydrogens (tertiary/aromatic N) is 1. The van der Waals surface area contributed by atoms with Gasteiger partial charge in [0.2, 0.25) is 10.0 Å². The van der Waals surface area contributed by atoms with E-state index in [1.807, 2.05) is 0 Å². The minimum absolute atomic E-state index is 0.235. The van der Waals surface area contributed by atoms with Crippen molar-refractivity contribution in [3.8, 4) is 0 Å². The first-order valence-corrected chi connectivity index (χ1v) is 9.69. The Kier molecular flexibility index (Phi) is 4.68. The van der Waals surface area contributed by atoms with E-state index in [9.17, 15) is 8.42 Å². The second-order valence-corrected chi connectivity index (χ2v) is 10.2. The van der Waals surface area contributed by atoms with Gasteiger partial charge in [0.1, 0.15) is 4.90 Å². The minimum Gasteiger partial charge on any atom is -0.207 e. The molecule has 0 radical (unpaired) electrons. The monoisotopic (exact) mass is 385 g/mol. The van der Waals surface area contributed by atoms with Crippen LogP contribution in [0.25, 0.3) is 0 Å². The van der Waals surface area contributed by atoms with E-state index in [0.29, 0.717) is 27.7 Å². The molecule has 0 unspecified atom stereocenters. The van der Waals surface area contributed by atoms with E-state index in [1.54, 1.807) is 10.4 Å². The predicted octanol–water partition coefficient (Wildman–Crippen LogP) is 4.06. The molecular formula is C12H17BrClNO2S2. The fraction of sp³-hybridized carbons (Fsp3) is 0.667. The molecule has 1 aromatic rings. The highest BCUT2D eigenvalue weighted by Crippen LogP contribution is 2.37. The maximum atomic E-state index is 12.6. The topological polar surface area (TPSA) is 37.4 Å². The molecule has 2 rings (SSSR count). The van der Waals surface area contributed by atoms with Crippen molar-refractivity contribution in [3.05, 3.63) is 14.7 Å². The summed E-state index contributed by atoms with van der Waals surface area (Å²) in [5.74, 6) is 0.339. The summed E-state index contributed by atoms with van der Waals surface area (Å²) >= 11 is 10.5. The van der Waals surface area contributed by atoms with Gasteiger partial charge in [-0.3, -0.25) is 0 Å². The molecule has 1 aromatic heterocycles. The molecule has 108 valence electrons. The molecular weight excluding hydrogens is 370 g/mol. The second kappa shape index (κ2) is 5.64. The van der Waals surface area contributed by atoms with Gasteiger partial charge in [0.15, 0.2) is 0 Å². The molecule has 1 aliphatic heterocycles. The lowest BCUT2D eigenvalue weighted by Gasteiger charge is -2.36. The number of rotatable bonds is 3. The van der Waals surface area contributed by atoms with Crippen LogP contribution in [0.2, 0.25) is 0 Å². The van der Waals surface area contributed by atoms with E-state index in [4.69, 9.17) is 11.6 Å². The summed E-state index contributed by atoms with van der Waals surface area (Å²) < 4.78 is 27.4. The van der Waals surface area contributed by atoms with Crippen LogP contribution >= 0.6 is 38.9 Å². The smallest absolute Gasteiger partial charge is 0.207 e. The molecule has 0 aliphatic carbocycles. The number of alkyl halides is 1. The van der Waals surface area contributed by atoms with Gasteiger partial charge in [-0.1, -0.05) is 13.8 Å². The Bertz CT molecular complexity index is 558. The molecule has 1 fully saturated rings. The number of piperidine rings is 1. The van der Waals surface area contributed by atoms with E-state index >= 15 is 0 Å². The van der Waals surface area contributed by atoms with Crippen LogP contribution in [-0.2, 0) is 15.9 Å². The predicted molar refractivity (Wildman–Crippen MR) is 83.3 cm³/mol. The first-order valence-electron chi connectivity index (χ1n) is 6.10. The van der Waals surface area contributed by atoms with Crippen molar-refractivity contribution in [2.45, 2.75) is 37.5 Å². The Balaban J connectivity index is 2.25. The van der Waals surface area contributed by atoms with Crippen molar-refractivity contribution in [1.29, 1.82) is 0 Å². The fourth-order valence-electron chi connectivity index (χ4n) is 2.11. The summed E-state index contributed by atoms with van der Waals surface area (Å²) in [7, 11) is -3.39. The second-order valence-electron chi connectivity index (χ2n) is 5.55. The van der Waals surface area contributed by atoms with Crippen LogP contribution in [0.3, 0.4) is 0 Å². The highest BCUT2D eigenvalue weighted by Gasteiger charge is 2.34. The zero-order chi connectivity index (χ0) is 14.3. The lowest BCUT2D eigenvalue weighted by molar-refractivity contribution is 0.196. The number of hydrogen-bond donors (Lipinski definition) is 0. The van der Waals surface area contributed by atoms with Gasteiger partial charge < -0.3 is 0 Å². The van der Waals surface area contributed by atoms with Gasteiger partial charge in [0.25, 0.3) is 0 Å². The van der Waals surface area contributed by atoms with Gasteiger partial charge in [-0.25, -0.2) is 8.42 Å². The highest BCUT2D eigenvalue weighted by molar-refractivity contribution is 9.11. The van der Waals surface area contributed by atoms with Gasteiger partial charge >= 0.3 is 0 Å². The van der Waals surface area contributed by atoms with Crippen LogP contribution in [0.15, 0.2) is 14.7 Å². The SMILES string of the molecule is CC1(C)CCN(S(=O)(=O)c2cc(CCl)sc2Br)CC1. The molecule has 3 nitrogen and oxygen atoms in total. The largest absolute Gasteiger partial charge is 0.245 e. The number of thiophene rings is 1. The van der Waals surface area contributed by atoms with E-state index in [2.05, 4.69) is 29.8 Å². The van der Waals surface area contributed by atoms with Gasteiger partial charge in [0, 0.05) is 18.0 Å². The third-order valence-electron chi connectivity index (χ3n) is 3.53. The van der Waals surface area contributed by atoms with E-state index < -0.39 is 10.0 Å². The van der Waals surface area contributed by atoms with Crippen LogP contribution in [0.1, 0.15) is 31.6 Å². The molecule has 0 bridgehead atoms. The molecule has 7 heteroatoms. The van der Waals surface area contributed by atoms with Crippen molar-refractivity contribution >= 4 is 48.9 Å². The molecule has 0 amide bonds. The van der Waals surface area contributed by atoms with E-state index in [-0.39, 0.29) is 5.41 Å². The zero-order valence-electron chi connectivity index (χ0n) is 10.9. The van der Waals surface area contributed by atoms with E-state index in [1.165, 1.54) is 11.3 Å². The molecule has 19 heavy (non-hydrogen) atoms. The molecule has 2 heterocycles. The van der Waals surface area contributed by atoms with Crippen molar-refractivity contribution in [2.75, 3.05) is 13.1 Å². The van der Waals surface area contributed by atoms with Crippen molar-refractivity contribution < 1.29 is 8.42 Å². The average Bonchev–Trinajstić information content (AvgIpc) is 2.70. The van der Waals surface area contributed by atoms with Crippen molar-refractivity contribution in [2.24, 2.45) is 5.41 Å². The van der Waals surface area contributed by atoms with Crippen LogP contribution in [0.4, 0.5) is 0 Å². The van der Waals surface area contributed by atoms with Gasteiger partial charge in [-0.15, -0.1) is 22.9 Å². The number of hydrogen-bond acceptors (Lipinski definition) is 3. The van der Waals surface area contributed by atoms with E-state index in [0.717, 1.165) is 17.7 Å². The van der Waals surface area contributed by atoms with Gasteiger partial charge in [-0.2, -0.15) is 4.31 Å². The highest BCUT2D eigenvalue weighted by atomic mass is 79.9. The molecule has 0 spiro atoms. The normalized spacial score (nSPS) is 20.6. The molecule has 1 saturated heterocycles. The lowest BCUT2D eigenvalue weighted by atomic mass is 9.83. The quantitative estimate of drug-likeness (QED) is 0.735. The Hall–Kier alpha value is 0.380. The van der Waals surface area contributed by atoms with Crippen molar-refractivity contribution in [1.82, 2.24) is 4.31 Å². The fourth-order valence-corrected chi connectivity index (χ4v) is 6.28. The summed E-state index contributed by atoms with van der Waals surface area (Å²) in [6.07, 6.45) is 1.80. The number of halogens is 2. The maximum Gasteiger partial charge on any atom is 0.245 e. The molecule has 0 saturated carbocycles. The lowest BCUT2D eigenvalue weighted by Crippen LogP contribution is -2.41. The summed E-state index contributed by atoms with van der Waals surface area (Å²) in [6, 6.07) is 1.68. The summed E-state index contributed by atoms with van der Waals surface area (Å²) in [5.41, 5.74) is 0.235. The summed E-state index contributed by atoms with van der Waals surface area (Å²) in [4.78, 5) is 1.22. The van der Waals surface area contributed by atoms with Crippen molar-refractivity contribution in [3.63, 3.8) is 0 Å².